The molecule has 0 aromatic heterocycles. The fraction of sp³-hybridized carbons (Fsp3) is 0.941. The molecular formula is C17H32NO4-. The van der Waals surface area contributed by atoms with E-state index in [1.54, 1.807) is 7.05 Å². The van der Waals surface area contributed by atoms with E-state index < -0.39 is 11.7 Å². The minimum Gasteiger partial charge on any atom is -0.634 e. The number of aliphatic carboxylic acids is 1. The van der Waals surface area contributed by atoms with Gasteiger partial charge in [0, 0.05) is 12.1 Å². The van der Waals surface area contributed by atoms with Crippen LogP contribution in [0.5, 0.6) is 0 Å². The fourth-order valence-electron chi connectivity index (χ4n) is 2.86. The quantitative estimate of drug-likeness (QED) is 0.377. The van der Waals surface area contributed by atoms with Crippen LogP contribution in [0, 0.1) is 0 Å². The molecule has 0 radical (unpaired) electrons. The lowest BCUT2D eigenvalue weighted by molar-refractivity contribution is -0.137. The Kier molecular flexibility index (Phi) is 8.98. The van der Waals surface area contributed by atoms with Crippen LogP contribution in [0.15, 0.2) is 0 Å². The van der Waals surface area contributed by atoms with Gasteiger partial charge in [-0.15, -0.1) is 0 Å². The molecule has 1 rings (SSSR count). The minimum absolute atomic E-state index is 0.108. The Morgan fingerprint density at radius 2 is 1.59 bits per heavy atom. The SMILES string of the molecule is C[N-][C@]1(C)O[C@@H]1[C@H](O)CCCCCCCCCCCC(=O)O. The standard InChI is InChI=1S/C17H32NO4/c1-17(18-2)16(22-17)14(19)12-10-8-6-4-3-5-7-9-11-13-15(20)21/h14,16,19H,3-13H2,1-2H3,(H,20,21)/q-1/t14-,16-,17-/m1/s1. The highest BCUT2D eigenvalue weighted by atomic mass is 16.6. The first kappa shape index (κ1) is 19.4. The molecule has 1 heterocycles. The van der Waals surface area contributed by atoms with E-state index in [0.717, 1.165) is 38.5 Å². The number of likely N-dealkylation sites (N-methyl/N-ethyl adjacent to an activating group) is 1. The third-order valence-electron chi connectivity index (χ3n) is 4.52. The Morgan fingerprint density at radius 3 is 2.05 bits per heavy atom. The first-order valence-electron chi connectivity index (χ1n) is 8.68. The molecule has 3 atom stereocenters. The van der Waals surface area contributed by atoms with E-state index in [1.807, 2.05) is 6.92 Å². The van der Waals surface area contributed by atoms with Gasteiger partial charge in [0.1, 0.15) is 0 Å². The maximum absolute atomic E-state index is 10.4. The summed E-state index contributed by atoms with van der Waals surface area (Å²) in [5.41, 5.74) is -0.444. The number of carboxylic acids is 1. The van der Waals surface area contributed by atoms with Crippen molar-refractivity contribution in [1.82, 2.24) is 0 Å². The van der Waals surface area contributed by atoms with Crippen molar-refractivity contribution in [3.63, 3.8) is 0 Å². The van der Waals surface area contributed by atoms with Gasteiger partial charge in [-0.05, 0) is 12.8 Å². The van der Waals surface area contributed by atoms with Crippen LogP contribution in [0.3, 0.4) is 0 Å². The van der Waals surface area contributed by atoms with Crippen molar-refractivity contribution in [3.05, 3.63) is 5.32 Å². The Balaban J connectivity index is 1.81. The lowest BCUT2D eigenvalue weighted by atomic mass is 10.0. The van der Waals surface area contributed by atoms with Gasteiger partial charge in [0.2, 0.25) is 0 Å². The Bertz CT molecular complexity index is 324. The van der Waals surface area contributed by atoms with Crippen molar-refractivity contribution in [3.8, 4) is 0 Å². The molecule has 1 aliphatic heterocycles. The Morgan fingerprint density at radius 1 is 1.09 bits per heavy atom. The van der Waals surface area contributed by atoms with Crippen molar-refractivity contribution < 1.29 is 19.7 Å². The van der Waals surface area contributed by atoms with Crippen LogP contribution in [0.25, 0.3) is 5.32 Å². The van der Waals surface area contributed by atoms with Crippen LogP contribution in [0.1, 0.15) is 77.6 Å². The number of nitrogens with zero attached hydrogens (tertiary/aromatic N) is 1. The van der Waals surface area contributed by atoms with Gasteiger partial charge < -0.3 is 20.3 Å². The summed E-state index contributed by atoms with van der Waals surface area (Å²) >= 11 is 0. The number of aliphatic hydroxyl groups excluding tert-OH is 1. The summed E-state index contributed by atoms with van der Waals surface area (Å²) in [5, 5.41) is 22.6. The highest BCUT2D eigenvalue weighted by Crippen LogP contribution is 2.43. The predicted octanol–water partition coefficient (Wildman–Crippen LogP) is 3.84. The molecule has 0 aromatic rings. The number of hydrogen-bond donors (Lipinski definition) is 2. The fourth-order valence-corrected chi connectivity index (χ4v) is 2.86. The first-order chi connectivity index (χ1) is 10.5. The predicted molar refractivity (Wildman–Crippen MR) is 87.0 cm³/mol. The lowest BCUT2D eigenvalue weighted by Gasteiger charge is -2.20. The zero-order chi connectivity index (χ0) is 16.4. The third-order valence-corrected chi connectivity index (χ3v) is 4.52. The van der Waals surface area contributed by atoms with Crippen LogP contribution in [-0.2, 0) is 9.53 Å². The average Bonchev–Trinajstić information content (AvgIpc) is 3.17. The van der Waals surface area contributed by atoms with E-state index in [1.165, 1.54) is 25.7 Å². The summed E-state index contributed by atoms with van der Waals surface area (Å²) in [6.07, 6.45) is 10.7. The normalized spacial score (nSPS) is 25.1. The van der Waals surface area contributed by atoms with Crippen molar-refractivity contribution in [2.45, 2.75) is 95.5 Å². The molecule has 0 spiro atoms. The lowest BCUT2D eigenvalue weighted by Crippen LogP contribution is -2.21. The van der Waals surface area contributed by atoms with Gasteiger partial charge in [-0.3, -0.25) is 4.79 Å². The molecule has 1 saturated heterocycles. The van der Waals surface area contributed by atoms with Gasteiger partial charge in [0.05, 0.1) is 12.2 Å². The van der Waals surface area contributed by atoms with E-state index in [2.05, 4.69) is 5.32 Å². The molecule has 0 aliphatic carbocycles. The molecule has 0 unspecified atom stereocenters. The third kappa shape index (κ3) is 7.56. The van der Waals surface area contributed by atoms with Crippen molar-refractivity contribution in [1.29, 1.82) is 0 Å². The summed E-state index contributed by atoms with van der Waals surface area (Å²) in [5.74, 6) is -0.688. The van der Waals surface area contributed by atoms with Crippen LogP contribution >= 0.6 is 0 Å². The van der Waals surface area contributed by atoms with Gasteiger partial charge >= 0.3 is 5.97 Å². The van der Waals surface area contributed by atoms with E-state index in [0.29, 0.717) is 6.42 Å². The smallest absolute Gasteiger partial charge is 0.303 e. The summed E-state index contributed by atoms with van der Waals surface area (Å²) in [4.78, 5) is 10.4. The molecule has 0 bridgehead atoms. The maximum atomic E-state index is 10.4. The largest absolute Gasteiger partial charge is 0.634 e. The van der Waals surface area contributed by atoms with Crippen LogP contribution in [0.4, 0.5) is 0 Å². The number of carbonyl (C=O) groups is 1. The van der Waals surface area contributed by atoms with Crippen LogP contribution < -0.4 is 0 Å². The average molecular weight is 314 g/mol. The Labute approximate surface area is 134 Å². The minimum atomic E-state index is -0.688. The molecule has 5 nitrogen and oxygen atoms in total. The zero-order valence-corrected chi connectivity index (χ0v) is 14.1. The zero-order valence-electron chi connectivity index (χ0n) is 14.1. The summed E-state index contributed by atoms with van der Waals surface area (Å²) < 4.78 is 5.42. The van der Waals surface area contributed by atoms with Crippen LogP contribution in [0.2, 0.25) is 0 Å². The molecule has 2 N–H and O–H groups in total. The molecule has 1 aliphatic rings. The molecular weight excluding hydrogens is 282 g/mol. The van der Waals surface area contributed by atoms with E-state index in [4.69, 9.17) is 9.84 Å². The molecule has 1 fully saturated rings. The summed E-state index contributed by atoms with van der Waals surface area (Å²) in [7, 11) is 1.73. The first-order valence-corrected chi connectivity index (χ1v) is 8.68. The number of aliphatic hydroxyl groups is 1. The molecule has 130 valence electrons. The second-order valence-corrected chi connectivity index (χ2v) is 6.50. The summed E-state index contributed by atoms with van der Waals surface area (Å²) in [6.45, 7) is 1.91. The van der Waals surface area contributed by atoms with Gasteiger partial charge in [0.25, 0.3) is 0 Å². The van der Waals surface area contributed by atoms with Gasteiger partial charge in [-0.2, -0.15) is 7.05 Å². The van der Waals surface area contributed by atoms with Crippen molar-refractivity contribution in [2.24, 2.45) is 0 Å². The number of rotatable bonds is 14. The molecule has 0 aromatic carbocycles. The second kappa shape index (κ2) is 10.2. The van der Waals surface area contributed by atoms with Gasteiger partial charge in [-0.25, -0.2) is 0 Å². The topological polar surface area (TPSA) is 84.2 Å². The number of ether oxygens (including phenoxy) is 1. The highest BCUT2D eigenvalue weighted by molar-refractivity contribution is 5.66. The van der Waals surface area contributed by atoms with Gasteiger partial charge in [0.15, 0.2) is 0 Å². The second-order valence-electron chi connectivity index (χ2n) is 6.50. The molecule has 0 saturated carbocycles. The van der Waals surface area contributed by atoms with Crippen molar-refractivity contribution >= 4 is 5.97 Å². The number of carboxylic acid groups (broad SMARTS) is 1. The maximum Gasteiger partial charge on any atom is 0.303 e. The summed E-state index contributed by atoms with van der Waals surface area (Å²) in [6, 6.07) is 0. The number of hydrogen-bond acceptors (Lipinski definition) is 3. The number of epoxide rings is 1. The highest BCUT2D eigenvalue weighted by Gasteiger charge is 2.47. The van der Waals surface area contributed by atoms with Crippen molar-refractivity contribution in [2.75, 3.05) is 7.05 Å². The Hall–Kier alpha value is -0.650. The number of unbranched alkanes of at least 4 members (excludes halogenated alkanes) is 8. The molecule has 22 heavy (non-hydrogen) atoms. The van der Waals surface area contributed by atoms with Crippen LogP contribution in [-0.4, -0.2) is 41.2 Å². The molecule has 5 heteroatoms. The van der Waals surface area contributed by atoms with E-state index in [-0.39, 0.29) is 12.2 Å². The monoisotopic (exact) mass is 314 g/mol. The molecule has 0 amide bonds. The van der Waals surface area contributed by atoms with E-state index in [9.17, 15) is 9.90 Å². The van der Waals surface area contributed by atoms with Gasteiger partial charge in [-0.1, -0.05) is 58.3 Å². The van der Waals surface area contributed by atoms with E-state index >= 15 is 0 Å².